The highest BCUT2D eigenvalue weighted by Gasteiger charge is 2.30. The highest BCUT2D eigenvalue weighted by Crippen LogP contribution is 2.30. The van der Waals surface area contributed by atoms with Gasteiger partial charge < -0.3 is 4.74 Å². The van der Waals surface area contributed by atoms with E-state index in [1.165, 1.54) is 12.1 Å². The van der Waals surface area contributed by atoms with Gasteiger partial charge in [0.1, 0.15) is 5.60 Å². The van der Waals surface area contributed by atoms with E-state index in [4.69, 9.17) is 4.74 Å². The van der Waals surface area contributed by atoms with E-state index in [0.29, 0.717) is 24.2 Å². The van der Waals surface area contributed by atoms with Crippen molar-refractivity contribution in [2.45, 2.75) is 52.3 Å². The van der Waals surface area contributed by atoms with Crippen LogP contribution in [-0.4, -0.2) is 32.0 Å². The van der Waals surface area contributed by atoms with Crippen LogP contribution in [0.25, 0.3) is 11.4 Å². The second kappa shape index (κ2) is 7.98. The van der Waals surface area contributed by atoms with Gasteiger partial charge in [0.15, 0.2) is 5.82 Å². The molecule has 0 unspecified atom stereocenters. The van der Waals surface area contributed by atoms with Crippen molar-refractivity contribution in [2.75, 3.05) is 0 Å². The van der Waals surface area contributed by atoms with Gasteiger partial charge >= 0.3 is 12.1 Å². The molecule has 1 atom stereocenters. The predicted molar refractivity (Wildman–Crippen MR) is 91.4 cm³/mol. The molecule has 1 heterocycles. The first-order valence-corrected chi connectivity index (χ1v) is 8.42. The van der Waals surface area contributed by atoms with Gasteiger partial charge in [-0.3, -0.25) is 4.79 Å². The number of ether oxygens (including phenoxy) is 1. The molecular weight excluding hydrogens is 361 g/mol. The van der Waals surface area contributed by atoms with Gasteiger partial charge in [-0.25, -0.2) is 0 Å². The summed E-state index contributed by atoms with van der Waals surface area (Å²) in [6.45, 7) is 7.16. The Morgan fingerprint density at radius 3 is 2.07 bits per heavy atom. The van der Waals surface area contributed by atoms with Crippen LogP contribution in [0, 0.1) is 5.92 Å². The van der Waals surface area contributed by atoms with Crippen LogP contribution in [0.3, 0.4) is 0 Å². The van der Waals surface area contributed by atoms with Crippen molar-refractivity contribution in [1.82, 2.24) is 20.4 Å². The number of benzene rings is 1. The lowest BCUT2D eigenvalue weighted by molar-refractivity contribution is -0.159. The number of hydrogen-bond acceptors (Lipinski definition) is 6. The molecule has 146 valence electrons. The smallest absolute Gasteiger partial charge is 0.416 e. The molecule has 1 aromatic carbocycles. The molecule has 0 N–H and O–H groups in total. The third-order valence-corrected chi connectivity index (χ3v) is 3.60. The van der Waals surface area contributed by atoms with Crippen LogP contribution in [0.1, 0.15) is 45.5 Å². The molecule has 2 rings (SSSR count). The largest absolute Gasteiger partial charge is 0.460 e. The molecule has 0 spiro atoms. The lowest BCUT2D eigenvalue weighted by Crippen LogP contribution is -2.28. The zero-order chi connectivity index (χ0) is 20.2. The number of alkyl halides is 3. The van der Waals surface area contributed by atoms with Gasteiger partial charge in [-0.2, -0.15) is 13.2 Å². The molecule has 6 nitrogen and oxygen atoms in total. The number of hydrogen-bond donors (Lipinski definition) is 0. The van der Waals surface area contributed by atoms with Crippen LogP contribution in [0.4, 0.5) is 13.2 Å². The summed E-state index contributed by atoms with van der Waals surface area (Å²) in [5, 5.41) is 15.7. The molecule has 2 aromatic rings. The van der Waals surface area contributed by atoms with Crippen LogP contribution in [0.15, 0.2) is 24.3 Å². The Labute approximate surface area is 155 Å². The second-order valence-electron chi connectivity index (χ2n) is 7.19. The minimum absolute atomic E-state index is 0.132. The lowest BCUT2D eigenvalue weighted by Gasteiger charge is -2.22. The Balaban J connectivity index is 1.96. The minimum atomic E-state index is -4.40. The quantitative estimate of drug-likeness (QED) is 0.731. The molecule has 0 aliphatic heterocycles. The fourth-order valence-corrected chi connectivity index (χ4v) is 2.14. The molecule has 0 radical (unpaired) electrons. The normalized spacial score (nSPS) is 13.3. The summed E-state index contributed by atoms with van der Waals surface area (Å²) in [4.78, 5) is 11.9. The van der Waals surface area contributed by atoms with Gasteiger partial charge in [0, 0.05) is 12.0 Å². The molecule has 0 aliphatic carbocycles. The van der Waals surface area contributed by atoms with E-state index in [-0.39, 0.29) is 17.7 Å². The molecule has 0 saturated heterocycles. The van der Waals surface area contributed by atoms with Crippen LogP contribution >= 0.6 is 0 Å². The zero-order valence-electron chi connectivity index (χ0n) is 15.5. The monoisotopic (exact) mass is 382 g/mol. The molecule has 0 amide bonds. The van der Waals surface area contributed by atoms with Crippen LogP contribution in [0.5, 0.6) is 0 Å². The van der Waals surface area contributed by atoms with Crippen molar-refractivity contribution in [3.05, 3.63) is 35.7 Å². The number of aromatic nitrogens is 4. The standard InChI is InChI=1S/C18H21F3N4O2/c1-11(16(26)27-17(2,3)4)5-10-14-22-24-15(25-23-14)12-6-8-13(9-7-12)18(19,20)21/h6-9,11H,5,10H2,1-4H3/t11-/m0/s1. The van der Waals surface area contributed by atoms with Crippen LogP contribution < -0.4 is 0 Å². The summed E-state index contributed by atoms with van der Waals surface area (Å²) in [5.41, 5.74) is -0.912. The van der Waals surface area contributed by atoms with E-state index in [1.807, 2.05) is 0 Å². The van der Waals surface area contributed by atoms with Gasteiger partial charge in [-0.15, -0.1) is 20.4 Å². The van der Waals surface area contributed by atoms with Gasteiger partial charge in [-0.1, -0.05) is 19.1 Å². The number of carbonyl (C=O) groups excluding carboxylic acids is 1. The van der Waals surface area contributed by atoms with Crippen LogP contribution in [0.2, 0.25) is 0 Å². The molecule has 0 saturated carbocycles. The lowest BCUT2D eigenvalue weighted by atomic mass is 10.1. The number of aryl methyl sites for hydroxylation is 1. The first-order chi connectivity index (χ1) is 12.5. The fourth-order valence-electron chi connectivity index (χ4n) is 2.14. The van der Waals surface area contributed by atoms with E-state index in [9.17, 15) is 18.0 Å². The second-order valence-corrected chi connectivity index (χ2v) is 7.19. The first kappa shape index (κ1) is 20.7. The van der Waals surface area contributed by atoms with E-state index in [0.717, 1.165) is 12.1 Å². The molecule has 1 aromatic heterocycles. The summed E-state index contributed by atoms with van der Waals surface area (Å²) in [6.07, 6.45) is -3.55. The summed E-state index contributed by atoms with van der Waals surface area (Å²) in [7, 11) is 0. The molecule has 9 heteroatoms. The van der Waals surface area contributed by atoms with Gasteiger partial charge in [-0.05, 0) is 39.3 Å². The van der Waals surface area contributed by atoms with Crippen molar-refractivity contribution in [1.29, 1.82) is 0 Å². The van der Waals surface area contributed by atoms with Gasteiger partial charge in [0.2, 0.25) is 5.82 Å². The number of carbonyl (C=O) groups is 1. The molecule has 0 bridgehead atoms. The van der Waals surface area contributed by atoms with Crippen molar-refractivity contribution in [3.63, 3.8) is 0 Å². The van der Waals surface area contributed by atoms with Gasteiger partial charge in [0.05, 0.1) is 11.5 Å². The maximum absolute atomic E-state index is 12.6. The minimum Gasteiger partial charge on any atom is -0.460 e. The first-order valence-electron chi connectivity index (χ1n) is 8.42. The third-order valence-electron chi connectivity index (χ3n) is 3.60. The summed E-state index contributed by atoms with van der Waals surface area (Å²) < 4.78 is 43.1. The Hall–Kier alpha value is -2.58. The van der Waals surface area contributed by atoms with Gasteiger partial charge in [0.25, 0.3) is 0 Å². The third kappa shape index (κ3) is 6.26. The Bertz CT molecular complexity index is 769. The molecule has 0 aliphatic rings. The number of nitrogens with zero attached hydrogens (tertiary/aromatic N) is 4. The maximum Gasteiger partial charge on any atom is 0.416 e. The predicted octanol–water partition coefficient (Wildman–Crippen LogP) is 3.86. The van der Waals surface area contributed by atoms with E-state index in [1.54, 1.807) is 27.7 Å². The van der Waals surface area contributed by atoms with E-state index >= 15 is 0 Å². The number of rotatable bonds is 5. The highest BCUT2D eigenvalue weighted by molar-refractivity contribution is 5.72. The summed E-state index contributed by atoms with van der Waals surface area (Å²) >= 11 is 0. The average Bonchev–Trinajstić information content (AvgIpc) is 2.58. The van der Waals surface area contributed by atoms with Crippen molar-refractivity contribution in [3.8, 4) is 11.4 Å². The van der Waals surface area contributed by atoms with E-state index in [2.05, 4.69) is 20.4 Å². The Morgan fingerprint density at radius 1 is 1.04 bits per heavy atom. The average molecular weight is 382 g/mol. The van der Waals surface area contributed by atoms with Crippen molar-refractivity contribution in [2.24, 2.45) is 5.92 Å². The van der Waals surface area contributed by atoms with Crippen molar-refractivity contribution >= 4 is 5.97 Å². The van der Waals surface area contributed by atoms with Crippen LogP contribution in [-0.2, 0) is 22.1 Å². The summed E-state index contributed by atoms with van der Waals surface area (Å²) in [6, 6.07) is 4.45. The highest BCUT2D eigenvalue weighted by atomic mass is 19.4. The van der Waals surface area contributed by atoms with Crippen molar-refractivity contribution < 1.29 is 22.7 Å². The maximum atomic E-state index is 12.6. The fraction of sp³-hybridized carbons (Fsp3) is 0.500. The topological polar surface area (TPSA) is 77.9 Å². The molecule has 27 heavy (non-hydrogen) atoms. The van der Waals surface area contributed by atoms with E-state index < -0.39 is 17.3 Å². The Morgan fingerprint density at radius 2 is 1.59 bits per heavy atom. The summed E-state index contributed by atoms with van der Waals surface area (Å²) in [5.74, 6) is -0.152. The number of halogens is 3. The molecule has 0 fully saturated rings. The SMILES string of the molecule is C[C@@H](CCc1nnc(-c2ccc(C(F)(F)F)cc2)nn1)C(=O)OC(C)(C)C. The zero-order valence-corrected chi connectivity index (χ0v) is 15.5. The Kier molecular flexibility index (Phi) is 6.12. The number of esters is 1. The molecular formula is C18H21F3N4O2.